The number of fused-ring (bicyclic) bond motifs is 3. The Kier molecular flexibility index (Phi) is 7.02. The molecule has 0 radical (unpaired) electrons. The molecule has 1 saturated carbocycles. The van der Waals surface area contributed by atoms with Crippen LogP contribution in [0.3, 0.4) is 0 Å². The Balaban J connectivity index is 1.14. The van der Waals surface area contributed by atoms with Crippen LogP contribution < -0.4 is 15.6 Å². The van der Waals surface area contributed by atoms with Gasteiger partial charge in [0, 0.05) is 17.1 Å². The Morgan fingerprint density at radius 3 is 2.88 bits per heavy atom. The Morgan fingerprint density at radius 2 is 2.00 bits per heavy atom. The smallest absolute Gasteiger partial charge is 0.259 e. The average Bonchev–Trinajstić information content (AvgIpc) is 3.45. The first-order chi connectivity index (χ1) is 16.2. The molecule has 1 fully saturated rings. The van der Waals surface area contributed by atoms with E-state index in [2.05, 4.69) is 10.3 Å². The number of hydrogen-bond acceptors (Lipinski definition) is 6. The van der Waals surface area contributed by atoms with Crippen LogP contribution in [0.1, 0.15) is 61.2 Å². The molecule has 1 aromatic carbocycles. The van der Waals surface area contributed by atoms with E-state index in [1.165, 1.54) is 29.7 Å². The number of carbonyl (C=O) groups excluding carboxylic acids is 1. The van der Waals surface area contributed by atoms with Crippen LogP contribution in [0, 0.1) is 0 Å². The van der Waals surface area contributed by atoms with Crippen molar-refractivity contribution in [2.24, 2.45) is 0 Å². The van der Waals surface area contributed by atoms with Gasteiger partial charge in [-0.2, -0.15) is 11.8 Å². The fourth-order valence-electron chi connectivity index (χ4n) is 4.68. The summed E-state index contributed by atoms with van der Waals surface area (Å²) in [5.41, 5.74) is 1.92. The molecule has 33 heavy (non-hydrogen) atoms. The van der Waals surface area contributed by atoms with Crippen LogP contribution in [0.25, 0.3) is 10.2 Å². The van der Waals surface area contributed by atoms with E-state index < -0.39 is 0 Å². The first-order valence-electron chi connectivity index (χ1n) is 11.8. The third-order valence-electron chi connectivity index (χ3n) is 6.34. The Morgan fingerprint density at radius 1 is 1.18 bits per heavy atom. The highest BCUT2D eigenvalue weighted by Crippen LogP contribution is 2.34. The van der Waals surface area contributed by atoms with Gasteiger partial charge in [-0.1, -0.05) is 12.1 Å². The van der Waals surface area contributed by atoms with E-state index >= 15 is 0 Å². The van der Waals surface area contributed by atoms with Gasteiger partial charge in [0.15, 0.2) is 0 Å². The van der Waals surface area contributed by atoms with Gasteiger partial charge in [-0.25, -0.2) is 4.98 Å². The molecule has 0 atom stereocenters. The summed E-state index contributed by atoms with van der Waals surface area (Å²) in [5.74, 6) is 2.64. The van der Waals surface area contributed by atoms with E-state index in [4.69, 9.17) is 9.72 Å². The molecule has 2 heterocycles. The molecule has 6 nitrogen and oxygen atoms in total. The third kappa shape index (κ3) is 5.27. The zero-order valence-electron chi connectivity index (χ0n) is 18.7. The molecule has 0 aliphatic heterocycles. The van der Waals surface area contributed by atoms with Crippen molar-refractivity contribution in [2.45, 2.75) is 69.6 Å². The second-order valence-electron chi connectivity index (χ2n) is 8.77. The molecule has 8 heteroatoms. The quantitative estimate of drug-likeness (QED) is 0.417. The number of thioether (sulfide) groups is 1. The largest absolute Gasteiger partial charge is 0.488 e. The standard InChI is InChI=1S/C25H29N3O3S2/c29-22(26-18-10-4-5-11-19(18)31-16-7-1-2-8-16)13-14-32-15-21-27-24(30)23-17-9-3-6-12-20(17)33-25(23)28-21/h4-5,10-11,16H,1-3,6-9,12-15H2,(H,26,29)(H,27,28,30). The number of ether oxygens (including phenoxy) is 1. The van der Waals surface area contributed by atoms with Gasteiger partial charge in [0.05, 0.1) is 22.9 Å². The maximum Gasteiger partial charge on any atom is 0.259 e. The van der Waals surface area contributed by atoms with Crippen molar-refractivity contribution < 1.29 is 9.53 Å². The number of benzene rings is 1. The van der Waals surface area contributed by atoms with E-state index in [9.17, 15) is 9.59 Å². The molecule has 3 aromatic rings. The molecule has 0 unspecified atom stereocenters. The predicted octanol–water partition coefficient (Wildman–Crippen LogP) is 5.45. The van der Waals surface area contributed by atoms with E-state index in [1.807, 2.05) is 24.3 Å². The van der Waals surface area contributed by atoms with Gasteiger partial charge in [-0.05, 0) is 69.1 Å². The number of carbonyl (C=O) groups is 1. The molecule has 2 aromatic heterocycles. The average molecular weight is 484 g/mol. The lowest BCUT2D eigenvalue weighted by Crippen LogP contribution is -2.16. The number of thiophene rings is 1. The summed E-state index contributed by atoms with van der Waals surface area (Å²) in [6.07, 6.45) is 9.60. The van der Waals surface area contributed by atoms with Crippen molar-refractivity contribution in [3.8, 4) is 5.75 Å². The van der Waals surface area contributed by atoms with Crippen LogP contribution in [0.15, 0.2) is 29.1 Å². The zero-order valence-corrected chi connectivity index (χ0v) is 20.3. The van der Waals surface area contributed by atoms with E-state index in [1.54, 1.807) is 23.1 Å². The third-order valence-corrected chi connectivity index (χ3v) is 8.50. The number of hydrogen-bond donors (Lipinski definition) is 2. The summed E-state index contributed by atoms with van der Waals surface area (Å²) in [6.45, 7) is 0. The maximum atomic E-state index is 12.7. The van der Waals surface area contributed by atoms with Gasteiger partial charge in [0.1, 0.15) is 16.4 Å². The van der Waals surface area contributed by atoms with Crippen LogP contribution in [0.2, 0.25) is 0 Å². The number of para-hydroxylation sites is 2. The molecule has 0 saturated heterocycles. The lowest BCUT2D eigenvalue weighted by Gasteiger charge is -2.16. The zero-order chi connectivity index (χ0) is 22.6. The topological polar surface area (TPSA) is 84.1 Å². The number of nitrogens with one attached hydrogen (secondary N) is 2. The summed E-state index contributed by atoms with van der Waals surface area (Å²) in [6, 6.07) is 7.65. The van der Waals surface area contributed by atoms with E-state index in [-0.39, 0.29) is 17.6 Å². The Labute approximate surface area is 201 Å². The minimum Gasteiger partial charge on any atom is -0.488 e. The molecule has 0 bridgehead atoms. The van der Waals surface area contributed by atoms with Crippen LogP contribution >= 0.6 is 23.1 Å². The van der Waals surface area contributed by atoms with Crippen molar-refractivity contribution in [1.82, 2.24) is 9.97 Å². The molecule has 1 amide bonds. The molecule has 2 N–H and O–H groups in total. The van der Waals surface area contributed by atoms with E-state index in [0.717, 1.165) is 53.8 Å². The summed E-state index contributed by atoms with van der Waals surface area (Å²) in [4.78, 5) is 35.0. The number of aromatic nitrogens is 2. The highest BCUT2D eigenvalue weighted by molar-refractivity contribution is 7.98. The van der Waals surface area contributed by atoms with Crippen molar-refractivity contribution in [3.63, 3.8) is 0 Å². The van der Waals surface area contributed by atoms with Crippen molar-refractivity contribution in [2.75, 3.05) is 11.1 Å². The van der Waals surface area contributed by atoms with Crippen molar-refractivity contribution in [1.29, 1.82) is 0 Å². The first-order valence-corrected chi connectivity index (χ1v) is 13.8. The van der Waals surface area contributed by atoms with Gasteiger partial charge in [-0.3, -0.25) is 9.59 Å². The second kappa shape index (κ2) is 10.3. The lowest BCUT2D eigenvalue weighted by molar-refractivity contribution is -0.115. The molecule has 0 spiro atoms. The molecular formula is C25H29N3O3S2. The summed E-state index contributed by atoms with van der Waals surface area (Å²) < 4.78 is 6.11. The van der Waals surface area contributed by atoms with Gasteiger partial charge in [0.25, 0.3) is 5.56 Å². The number of nitrogens with zero attached hydrogens (tertiary/aromatic N) is 1. The molecule has 5 rings (SSSR count). The van der Waals surface area contributed by atoms with Crippen molar-refractivity contribution >= 4 is 44.9 Å². The van der Waals surface area contributed by atoms with Crippen LogP contribution in [-0.4, -0.2) is 27.7 Å². The predicted molar refractivity (Wildman–Crippen MR) is 136 cm³/mol. The van der Waals surface area contributed by atoms with Crippen LogP contribution in [-0.2, 0) is 23.4 Å². The molecule has 174 valence electrons. The number of anilines is 1. The fourth-order valence-corrected chi connectivity index (χ4v) is 6.77. The van der Waals surface area contributed by atoms with Crippen LogP contribution in [0.5, 0.6) is 5.75 Å². The summed E-state index contributed by atoms with van der Waals surface area (Å²) in [5, 5.41) is 3.79. The lowest BCUT2D eigenvalue weighted by atomic mass is 9.97. The molecule has 2 aliphatic rings. The first kappa shape index (κ1) is 22.5. The maximum absolute atomic E-state index is 12.7. The van der Waals surface area contributed by atoms with Crippen LogP contribution in [0.4, 0.5) is 5.69 Å². The van der Waals surface area contributed by atoms with Gasteiger partial charge >= 0.3 is 0 Å². The summed E-state index contributed by atoms with van der Waals surface area (Å²) >= 11 is 3.28. The number of aromatic amines is 1. The van der Waals surface area contributed by atoms with E-state index in [0.29, 0.717) is 23.8 Å². The highest BCUT2D eigenvalue weighted by atomic mass is 32.2. The monoisotopic (exact) mass is 483 g/mol. The van der Waals surface area contributed by atoms with Gasteiger partial charge in [0.2, 0.25) is 5.91 Å². The summed E-state index contributed by atoms with van der Waals surface area (Å²) in [7, 11) is 0. The SMILES string of the molecule is O=C(CCSCc1nc2sc3c(c2c(=O)[nH]1)CCCC3)Nc1ccccc1OC1CCCC1. The number of aryl methyl sites for hydroxylation is 2. The minimum atomic E-state index is -0.0344. The number of amides is 1. The van der Waals surface area contributed by atoms with Gasteiger partial charge < -0.3 is 15.0 Å². The highest BCUT2D eigenvalue weighted by Gasteiger charge is 2.20. The second-order valence-corrected chi connectivity index (χ2v) is 11.0. The molecule has 2 aliphatic carbocycles. The number of H-pyrrole nitrogens is 1. The Hall–Kier alpha value is -2.32. The van der Waals surface area contributed by atoms with Gasteiger partial charge in [-0.15, -0.1) is 11.3 Å². The molecular weight excluding hydrogens is 454 g/mol. The van der Waals surface area contributed by atoms with Crippen molar-refractivity contribution in [3.05, 3.63) is 50.9 Å². The number of rotatable bonds is 8. The minimum absolute atomic E-state index is 0.0217. The normalized spacial score (nSPS) is 16.1. The fraction of sp³-hybridized carbons (Fsp3) is 0.480. The Bertz CT molecular complexity index is 1200.